The summed E-state index contributed by atoms with van der Waals surface area (Å²) in [5, 5.41) is 15.4. The van der Waals surface area contributed by atoms with Gasteiger partial charge in [0.25, 0.3) is 0 Å². The van der Waals surface area contributed by atoms with Crippen LogP contribution in [0.2, 0.25) is 10.0 Å². The number of aryl methyl sites for hydroxylation is 2. The standard InChI is InChI=1S/C17H15Cl2N5/c1-10-3-6-14(11(2)7-10)22-17-23-16(9-20-24-17)21-15-8-12(18)4-5-13(15)19/h3-9H,1-2H3,(H2,21,22,23,24). The first-order chi connectivity index (χ1) is 11.5. The third-order valence-corrected chi connectivity index (χ3v) is 3.94. The lowest BCUT2D eigenvalue weighted by Gasteiger charge is -2.11. The maximum Gasteiger partial charge on any atom is 0.249 e. The molecule has 0 aliphatic carbocycles. The summed E-state index contributed by atoms with van der Waals surface area (Å²) in [6.45, 7) is 4.07. The molecule has 122 valence electrons. The summed E-state index contributed by atoms with van der Waals surface area (Å²) in [7, 11) is 0. The van der Waals surface area contributed by atoms with Crippen molar-refractivity contribution in [2.75, 3.05) is 10.6 Å². The topological polar surface area (TPSA) is 62.7 Å². The average Bonchev–Trinajstić information content (AvgIpc) is 2.54. The number of hydrogen-bond donors (Lipinski definition) is 2. The summed E-state index contributed by atoms with van der Waals surface area (Å²) in [5.74, 6) is 0.909. The van der Waals surface area contributed by atoms with Crippen LogP contribution in [0, 0.1) is 13.8 Å². The molecule has 0 atom stereocenters. The maximum atomic E-state index is 6.15. The van der Waals surface area contributed by atoms with Gasteiger partial charge in [0.15, 0.2) is 5.82 Å². The van der Waals surface area contributed by atoms with E-state index in [1.54, 1.807) is 18.2 Å². The molecule has 1 aromatic heterocycles. The Morgan fingerprint density at radius 2 is 1.75 bits per heavy atom. The third kappa shape index (κ3) is 3.93. The first-order valence-electron chi connectivity index (χ1n) is 7.27. The van der Waals surface area contributed by atoms with Crippen LogP contribution in [0.1, 0.15) is 11.1 Å². The highest BCUT2D eigenvalue weighted by molar-refractivity contribution is 6.35. The molecule has 0 aliphatic rings. The predicted octanol–water partition coefficient (Wildman–Crippen LogP) is 5.28. The molecule has 3 aromatic rings. The van der Waals surface area contributed by atoms with Gasteiger partial charge in [-0.05, 0) is 43.7 Å². The molecule has 0 saturated heterocycles. The quantitative estimate of drug-likeness (QED) is 0.663. The van der Waals surface area contributed by atoms with E-state index in [9.17, 15) is 0 Å². The summed E-state index contributed by atoms with van der Waals surface area (Å²) in [6, 6.07) is 11.3. The lowest BCUT2D eigenvalue weighted by Crippen LogP contribution is -2.03. The molecule has 24 heavy (non-hydrogen) atoms. The van der Waals surface area contributed by atoms with Gasteiger partial charge >= 0.3 is 0 Å². The minimum absolute atomic E-state index is 0.394. The Morgan fingerprint density at radius 1 is 0.917 bits per heavy atom. The van der Waals surface area contributed by atoms with Gasteiger partial charge in [-0.25, -0.2) is 0 Å². The van der Waals surface area contributed by atoms with E-state index in [0.29, 0.717) is 27.5 Å². The predicted molar refractivity (Wildman–Crippen MR) is 98.8 cm³/mol. The van der Waals surface area contributed by atoms with Crippen molar-refractivity contribution >= 4 is 46.3 Å². The molecule has 0 unspecified atom stereocenters. The second-order valence-corrected chi connectivity index (χ2v) is 6.20. The zero-order valence-electron chi connectivity index (χ0n) is 13.1. The molecule has 0 aliphatic heterocycles. The van der Waals surface area contributed by atoms with E-state index in [4.69, 9.17) is 23.2 Å². The number of halogens is 2. The first kappa shape index (κ1) is 16.5. The molecule has 2 aromatic carbocycles. The van der Waals surface area contributed by atoms with Crippen LogP contribution >= 0.6 is 23.2 Å². The number of rotatable bonds is 4. The smallest absolute Gasteiger partial charge is 0.249 e. The summed E-state index contributed by atoms with van der Waals surface area (Å²) in [5.41, 5.74) is 3.89. The highest BCUT2D eigenvalue weighted by Gasteiger charge is 2.06. The van der Waals surface area contributed by atoms with Gasteiger partial charge in [-0.1, -0.05) is 40.9 Å². The monoisotopic (exact) mass is 359 g/mol. The van der Waals surface area contributed by atoms with Crippen LogP contribution in [-0.4, -0.2) is 15.2 Å². The van der Waals surface area contributed by atoms with E-state index in [2.05, 4.69) is 31.9 Å². The van der Waals surface area contributed by atoms with Gasteiger partial charge in [0.2, 0.25) is 5.95 Å². The van der Waals surface area contributed by atoms with E-state index in [1.807, 2.05) is 26.0 Å². The number of anilines is 4. The van der Waals surface area contributed by atoms with Gasteiger partial charge in [0.1, 0.15) is 0 Å². The summed E-state index contributed by atoms with van der Waals surface area (Å²) < 4.78 is 0. The molecule has 2 N–H and O–H groups in total. The molecular weight excluding hydrogens is 345 g/mol. The molecule has 3 rings (SSSR count). The van der Waals surface area contributed by atoms with Crippen LogP contribution in [0.15, 0.2) is 42.6 Å². The summed E-state index contributed by atoms with van der Waals surface area (Å²) >= 11 is 12.1. The second kappa shape index (κ2) is 7.03. The average molecular weight is 360 g/mol. The van der Waals surface area contributed by atoms with E-state index in [1.165, 1.54) is 11.8 Å². The molecule has 0 radical (unpaired) electrons. The molecule has 1 heterocycles. The Hall–Kier alpha value is -2.37. The van der Waals surface area contributed by atoms with Gasteiger partial charge in [0.05, 0.1) is 16.9 Å². The van der Waals surface area contributed by atoms with E-state index in [-0.39, 0.29) is 0 Å². The number of nitrogens with one attached hydrogen (secondary N) is 2. The SMILES string of the molecule is Cc1ccc(Nc2nncc(Nc3cc(Cl)ccc3Cl)n2)c(C)c1. The summed E-state index contributed by atoms with van der Waals surface area (Å²) in [6.07, 6.45) is 1.52. The zero-order valence-corrected chi connectivity index (χ0v) is 14.7. The van der Waals surface area contributed by atoms with Crippen molar-refractivity contribution in [3.63, 3.8) is 0 Å². The highest BCUT2D eigenvalue weighted by atomic mass is 35.5. The van der Waals surface area contributed by atoms with Gasteiger partial charge in [0, 0.05) is 10.7 Å². The van der Waals surface area contributed by atoms with Crippen LogP contribution < -0.4 is 10.6 Å². The van der Waals surface area contributed by atoms with Crippen LogP contribution in [-0.2, 0) is 0 Å². The van der Waals surface area contributed by atoms with Crippen molar-refractivity contribution in [1.82, 2.24) is 15.2 Å². The minimum Gasteiger partial charge on any atom is -0.338 e. The maximum absolute atomic E-state index is 6.15. The first-order valence-corrected chi connectivity index (χ1v) is 8.03. The van der Waals surface area contributed by atoms with Gasteiger partial charge in [-0.3, -0.25) is 0 Å². The molecule has 7 heteroatoms. The van der Waals surface area contributed by atoms with Gasteiger partial charge < -0.3 is 10.6 Å². The molecule has 0 amide bonds. The summed E-state index contributed by atoms with van der Waals surface area (Å²) in [4.78, 5) is 4.40. The van der Waals surface area contributed by atoms with Crippen molar-refractivity contribution in [1.29, 1.82) is 0 Å². The molecule has 0 saturated carbocycles. The normalized spacial score (nSPS) is 10.5. The Morgan fingerprint density at radius 3 is 2.54 bits per heavy atom. The van der Waals surface area contributed by atoms with Crippen LogP contribution in [0.3, 0.4) is 0 Å². The van der Waals surface area contributed by atoms with E-state index < -0.39 is 0 Å². The van der Waals surface area contributed by atoms with Crippen LogP contribution in [0.4, 0.5) is 23.1 Å². The number of aromatic nitrogens is 3. The van der Waals surface area contributed by atoms with Crippen molar-refractivity contribution in [3.8, 4) is 0 Å². The third-order valence-electron chi connectivity index (χ3n) is 3.38. The van der Waals surface area contributed by atoms with Crippen molar-refractivity contribution in [2.45, 2.75) is 13.8 Å². The molecule has 0 bridgehead atoms. The fraction of sp³-hybridized carbons (Fsp3) is 0.118. The van der Waals surface area contributed by atoms with Crippen LogP contribution in [0.5, 0.6) is 0 Å². The Labute approximate surface area is 150 Å². The number of benzene rings is 2. The molecular formula is C17H15Cl2N5. The highest BCUT2D eigenvalue weighted by Crippen LogP contribution is 2.28. The van der Waals surface area contributed by atoms with Crippen LogP contribution in [0.25, 0.3) is 0 Å². The minimum atomic E-state index is 0.394. The Kier molecular flexibility index (Phi) is 4.83. The van der Waals surface area contributed by atoms with Crippen molar-refractivity contribution < 1.29 is 0 Å². The van der Waals surface area contributed by atoms with E-state index in [0.717, 1.165) is 11.3 Å². The zero-order chi connectivity index (χ0) is 17.1. The molecule has 5 nitrogen and oxygen atoms in total. The largest absolute Gasteiger partial charge is 0.338 e. The molecule has 0 spiro atoms. The lowest BCUT2D eigenvalue weighted by atomic mass is 10.1. The van der Waals surface area contributed by atoms with Gasteiger partial charge in [-0.2, -0.15) is 10.1 Å². The van der Waals surface area contributed by atoms with Crippen molar-refractivity contribution in [2.24, 2.45) is 0 Å². The number of nitrogens with zero attached hydrogens (tertiary/aromatic N) is 3. The lowest BCUT2D eigenvalue weighted by molar-refractivity contribution is 0.981. The Bertz CT molecular complexity index is 883. The fourth-order valence-electron chi connectivity index (χ4n) is 2.22. The van der Waals surface area contributed by atoms with Crippen molar-refractivity contribution in [3.05, 3.63) is 63.8 Å². The second-order valence-electron chi connectivity index (χ2n) is 5.36. The Balaban J connectivity index is 1.82. The van der Waals surface area contributed by atoms with E-state index >= 15 is 0 Å². The number of hydrogen-bond acceptors (Lipinski definition) is 5. The molecule has 0 fully saturated rings. The fourth-order valence-corrected chi connectivity index (χ4v) is 2.56. The van der Waals surface area contributed by atoms with Gasteiger partial charge in [-0.15, -0.1) is 5.10 Å².